The fourth-order valence-electron chi connectivity index (χ4n) is 3.57. The van der Waals surface area contributed by atoms with Crippen molar-refractivity contribution in [2.24, 2.45) is 17.8 Å². The summed E-state index contributed by atoms with van der Waals surface area (Å²) in [6.07, 6.45) is 5.82. The van der Waals surface area contributed by atoms with Gasteiger partial charge in [0, 0.05) is 24.9 Å². The number of carboxylic acid groups (broad SMARTS) is 1. The van der Waals surface area contributed by atoms with E-state index >= 15 is 0 Å². The van der Waals surface area contributed by atoms with Crippen molar-refractivity contribution in [2.45, 2.75) is 52.5 Å². The van der Waals surface area contributed by atoms with Crippen LogP contribution < -0.4 is 0 Å². The first kappa shape index (κ1) is 16.2. The summed E-state index contributed by atoms with van der Waals surface area (Å²) in [5, 5.41) is 9.44. The van der Waals surface area contributed by atoms with Gasteiger partial charge < -0.3 is 5.11 Å². The van der Waals surface area contributed by atoms with E-state index in [1.54, 1.807) is 0 Å². The quantitative estimate of drug-likeness (QED) is 0.784. The highest BCUT2D eigenvalue weighted by molar-refractivity contribution is 6.00. The Kier molecular flexibility index (Phi) is 5.20. The van der Waals surface area contributed by atoms with Crippen molar-refractivity contribution >= 4 is 11.8 Å². The molecule has 1 aliphatic carbocycles. The molecular formula is C17H27NO3. The number of aliphatic carboxylic acids is 1. The standard InChI is InChI=1S/C17H27NO3/c1-4-5-6-12-8-13-9-18(10-14(13)16(12)19)15(17(20)21)7-11(2)3/h8,11,13-15H,4-7,9-10H2,1-3H3,(H,20,21). The SMILES string of the molecule is CCCCC1=CC2CN(C(CC(C)C)C(=O)O)CC2C1=O. The molecule has 21 heavy (non-hydrogen) atoms. The van der Waals surface area contributed by atoms with Crippen molar-refractivity contribution in [3.63, 3.8) is 0 Å². The molecule has 1 N–H and O–H groups in total. The number of hydrogen-bond donors (Lipinski definition) is 1. The maximum absolute atomic E-state index is 12.4. The molecule has 3 atom stereocenters. The molecule has 2 rings (SSSR count). The normalized spacial score (nSPS) is 27.0. The lowest BCUT2D eigenvalue weighted by Gasteiger charge is -2.26. The van der Waals surface area contributed by atoms with Crippen molar-refractivity contribution in [2.75, 3.05) is 13.1 Å². The van der Waals surface area contributed by atoms with Crippen LogP contribution in [0.25, 0.3) is 0 Å². The lowest BCUT2D eigenvalue weighted by Crippen LogP contribution is -2.41. The van der Waals surface area contributed by atoms with Crippen LogP contribution in [0.3, 0.4) is 0 Å². The van der Waals surface area contributed by atoms with Crippen LogP contribution in [0.4, 0.5) is 0 Å². The number of carbonyl (C=O) groups is 2. The van der Waals surface area contributed by atoms with Crippen LogP contribution in [0, 0.1) is 17.8 Å². The number of Topliss-reactive ketones (excluding diaryl/α,β-unsaturated/α-hetero) is 1. The fourth-order valence-corrected chi connectivity index (χ4v) is 3.57. The first-order chi connectivity index (χ1) is 9.93. The Balaban J connectivity index is 2.02. The Morgan fingerprint density at radius 1 is 1.43 bits per heavy atom. The number of unbranched alkanes of at least 4 members (excludes halogenated alkanes) is 1. The monoisotopic (exact) mass is 293 g/mol. The molecule has 4 nitrogen and oxygen atoms in total. The molecule has 1 saturated heterocycles. The predicted molar refractivity (Wildman–Crippen MR) is 82.0 cm³/mol. The molecule has 4 heteroatoms. The lowest BCUT2D eigenvalue weighted by atomic mass is 9.97. The summed E-state index contributed by atoms with van der Waals surface area (Å²) in [6.45, 7) is 7.54. The van der Waals surface area contributed by atoms with E-state index < -0.39 is 12.0 Å². The van der Waals surface area contributed by atoms with E-state index in [-0.39, 0.29) is 17.6 Å². The summed E-state index contributed by atoms with van der Waals surface area (Å²) in [6, 6.07) is -0.448. The summed E-state index contributed by atoms with van der Waals surface area (Å²) in [7, 11) is 0. The number of allylic oxidation sites excluding steroid dienone is 1. The molecule has 0 spiro atoms. The summed E-state index contributed by atoms with van der Waals surface area (Å²) in [5.74, 6) is 0.0954. The molecule has 0 radical (unpaired) electrons. The largest absolute Gasteiger partial charge is 0.480 e. The Morgan fingerprint density at radius 2 is 2.14 bits per heavy atom. The van der Waals surface area contributed by atoms with Crippen LogP contribution in [0.2, 0.25) is 0 Å². The van der Waals surface area contributed by atoms with Gasteiger partial charge in [0.05, 0.1) is 0 Å². The Bertz CT molecular complexity index is 441. The van der Waals surface area contributed by atoms with Gasteiger partial charge in [-0.3, -0.25) is 14.5 Å². The highest BCUT2D eigenvalue weighted by Gasteiger charge is 2.45. The summed E-state index contributed by atoms with van der Waals surface area (Å²) < 4.78 is 0. The van der Waals surface area contributed by atoms with Crippen LogP contribution in [-0.2, 0) is 9.59 Å². The Morgan fingerprint density at radius 3 is 2.67 bits per heavy atom. The van der Waals surface area contributed by atoms with Crippen LogP contribution in [0.5, 0.6) is 0 Å². The lowest BCUT2D eigenvalue weighted by molar-refractivity contribution is -0.143. The second-order valence-electron chi connectivity index (χ2n) is 6.87. The first-order valence-corrected chi connectivity index (χ1v) is 8.15. The third-order valence-electron chi connectivity index (χ3n) is 4.68. The maximum Gasteiger partial charge on any atom is 0.320 e. The summed E-state index contributed by atoms with van der Waals surface area (Å²) >= 11 is 0. The molecule has 0 aromatic rings. The fraction of sp³-hybridized carbons (Fsp3) is 0.765. The minimum absolute atomic E-state index is 0.00543. The van der Waals surface area contributed by atoms with Gasteiger partial charge in [0.15, 0.2) is 5.78 Å². The topological polar surface area (TPSA) is 57.6 Å². The van der Waals surface area contributed by atoms with E-state index in [9.17, 15) is 14.7 Å². The number of carboxylic acids is 1. The average Bonchev–Trinajstić information content (AvgIpc) is 2.93. The van der Waals surface area contributed by atoms with Crippen LogP contribution >= 0.6 is 0 Å². The van der Waals surface area contributed by atoms with Crippen LogP contribution in [-0.4, -0.2) is 40.9 Å². The van der Waals surface area contributed by atoms with Crippen molar-refractivity contribution in [3.05, 3.63) is 11.6 Å². The van der Waals surface area contributed by atoms with Gasteiger partial charge in [-0.15, -0.1) is 0 Å². The Hall–Kier alpha value is -1.16. The van der Waals surface area contributed by atoms with E-state index in [1.807, 2.05) is 18.7 Å². The highest BCUT2D eigenvalue weighted by Crippen LogP contribution is 2.37. The van der Waals surface area contributed by atoms with Gasteiger partial charge in [-0.25, -0.2) is 0 Å². The number of hydrogen-bond acceptors (Lipinski definition) is 3. The average molecular weight is 293 g/mol. The van der Waals surface area contributed by atoms with Gasteiger partial charge in [0.1, 0.15) is 6.04 Å². The van der Waals surface area contributed by atoms with Gasteiger partial charge in [-0.2, -0.15) is 0 Å². The van der Waals surface area contributed by atoms with E-state index in [0.717, 1.165) is 31.4 Å². The summed E-state index contributed by atoms with van der Waals surface area (Å²) in [4.78, 5) is 25.9. The molecule has 0 aromatic carbocycles. The molecule has 2 aliphatic rings. The third-order valence-corrected chi connectivity index (χ3v) is 4.68. The van der Waals surface area contributed by atoms with E-state index in [2.05, 4.69) is 13.0 Å². The number of rotatable bonds is 7. The van der Waals surface area contributed by atoms with E-state index in [4.69, 9.17) is 0 Å². The molecule has 118 valence electrons. The van der Waals surface area contributed by atoms with Crippen molar-refractivity contribution in [1.29, 1.82) is 0 Å². The van der Waals surface area contributed by atoms with Gasteiger partial charge in [0.2, 0.25) is 0 Å². The van der Waals surface area contributed by atoms with E-state index in [1.165, 1.54) is 0 Å². The van der Waals surface area contributed by atoms with Gasteiger partial charge in [-0.05, 0) is 30.8 Å². The van der Waals surface area contributed by atoms with Crippen LogP contribution in [0.15, 0.2) is 11.6 Å². The van der Waals surface area contributed by atoms with E-state index in [0.29, 0.717) is 18.9 Å². The maximum atomic E-state index is 12.4. The summed E-state index contributed by atoms with van der Waals surface area (Å²) in [5.41, 5.74) is 0.988. The molecule has 1 fully saturated rings. The molecule has 3 unspecified atom stereocenters. The molecule has 0 saturated carbocycles. The zero-order valence-corrected chi connectivity index (χ0v) is 13.3. The Labute approximate surface area is 127 Å². The smallest absolute Gasteiger partial charge is 0.320 e. The molecule has 0 amide bonds. The highest BCUT2D eigenvalue weighted by atomic mass is 16.4. The first-order valence-electron chi connectivity index (χ1n) is 8.15. The number of likely N-dealkylation sites (tertiary alicyclic amines) is 1. The van der Waals surface area contributed by atoms with Gasteiger partial charge in [0.25, 0.3) is 0 Å². The predicted octanol–water partition coefficient (Wildman–Crippen LogP) is 2.73. The van der Waals surface area contributed by atoms with Crippen molar-refractivity contribution in [1.82, 2.24) is 4.90 Å². The number of fused-ring (bicyclic) bond motifs is 1. The molecule has 1 heterocycles. The number of ketones is 1. The minimum Gasteiger partial charge on any atom is -0.480 e. The third kappa shape index (κ3) is 3.54. The zero-order chi connectivity index (χ0) is 15.6. The van der Waals surface area contributed by atoms with Crippen molar-refractivity contribution < 1.29 is 14.7 Å². The second-order valence-corrected chi connectivity index (χ2v) is 6.87. The number of nitrogens with zero attached hydrogens (tertiary/aromatic N) is 1. The molecule has 0 aromatic heterocycles. The zero-order valence-electron chi connectivity index (χ0n) is 13.3. The second kappa shape index (κ2) is 6.73. The van der Waals surface area contributed by atoms with Gasteiger partial charge >= 0.3 is 5.97 Å². The number of carbonyl (C=O) groups excluding carboxylic acids is 1. The molecular weight excluding hydrogens is 266 g/mol. The molecule has 1 aliphatic heterocycles. The minimum atomic E-state index is -0.758. The van der Waals surface area contributed by atoms with Crippen LogP contribution in [0.1, 0.15) is 46.5 Å². The van der Waals surface area contributed by atoms with Gasteiger partial charge in [-0.1, -0.05) is 33.3 Å². The molecule has 0 bridgehead atoms. The van der Waals surface area contributed by atoms with Crippen molar-refractivity contribution in [3.8, 4) is 0 Å².